The third kappa shape index (κ3) is 4.34. The predicted molar refractivity (Wildman–Crippen MR) is 108 cm³/mol. The van der Waals surface area contributed by atoms with Crippen LogP contribution in [0.1, 0.15) is 57.8 Å². The van der Waals surface area contributed by atoms with Crippen LogP contribution in [0.15, 0.2) is 0 Å². The Kier molecular flexibility index (Phi) is 6.65. The summed E-state index contributed by atoms with van der Waals surface area (Å²) in [6, 6.07) is 0. The van der Waals surface area contributed by atoms with Crippen LogP contribution in [0, 0.1) is 13.8 Å². The van der Waals surface area contributed by atoms with Crippen molar-refractivity contribution >= 4 is 22.1 Å². The highest BCUT2D eigenvalue weighted by Gasteiger charge is 2.34. The van der Waals surface area contributed by atoms with Crippen molar-refractivity contribution in [2.45, 2.75) is 39.5 Å². The topological polar surface area (TPSA) is 103 Å². The molecule has 3 heterocycles. The first-order valence-electron chi connectivity index (χ1n) is 10.1. The number of aromatic amines is 1. The van der Waals surface area contributed by atoms with Crippen molar-refractivity contribution in [2.24, 2.45) is 0 Å². The Labute approximate surface area is 172 Å². The Morgan fingerprint density at radius 2 is 1.45 bits per heavy atom. The van der Waals surface area contributed by atoms with Crippen molar-refractivity contribution in [3.63, 3.8) is 0 Å². The second kappa shape index (κ2) is 8.85. The van der Waals surface area contributed by atoms with Gasteiger partial charge in [0.2, 0.25) is 0 Å². The number of aromatic nitrogens is 1. The number of ether oxygens (including phenoxy) is 1. The van der Waals surface area contributed by atoms with E-state index in [0.717, 1.165) is 25.7 Å². The molecule has 1 aromatic heterocycles. The Balaban J connectivity index is 1.68. The summed E-state index contributed by atoms with van der Waals surface area (Å²) in [6.07, 6.45) is 3.92. The fourth-order valence-electron chi connectivity index (χ4n) is 4.09. The predicted octanol–water partition coefficient (Wildman–Crippen LogP) is 1.30. The Morgan fingerprint density at radius 3 is 2.00 bits per heavy atom. The molecule has 3 rings (SSSR count). The minimum absolute atomic E-state index is 0.229. The maximum Gasteiger partial charge on any atom is 0.339 e. The summed E-state index contributed by atoms with van der Waals surface area (Å²) in [4.78, 5) is 29.5. The van der Waals surface area contributed by atoms with Crippen molar-refractivity contribution in [2.75, 3.05) is 46.4 Å². The Morgan fingerprint density at radius 1 is 0.897 bits per heavy atom. The molecule has 0 saturated carbocycles. The SMILES string of the molecule is COC(=O)c1c(C)[nH]c(C(=O)N2CCN(S(=O)(=O)N3CCCCCC3)CC2)c1C. The van der Waals surface area contributed by atoms with E-state index in [1.165, 1.54) is 11.4 Å². The molecule has 0 atom stereocenters. The molecule has 1 amide bonds. The molecule has 9 nitrogen and oxygen atoms in total. The molecule has 1 N–H and O–H groups in total. The molecule has 162 valence electrons. The lowest BCUT2D eigenvalue weighted by Crippen LogP contribution is -2.54. The number of methoxy groups -OCH3 is 1. The third-order valence-corrected chi connectivity index (χ3v) is 7.82. The minimum Gasteiger partial charge on any atom is -0.465 e. The molecule has 0 aromatic carbocycles. The molecule has 0 unspecified atom stereocenters. The minimum atomic E-state index is -3.49. The molecule has 2 aliphatic heterocycles. The van der Waals surface area contributed by atoms with Gasteiger partial charge < -0.3 is 14.6 Å². The second-order valence-corrected chi connectivity index (χ2v) is 9.56. The highest BCUT2D eigenvalue weighted by Crippen LogP contribution is 2.22. The number of aryl methyl sites for hydroxylation is 1. The second-order valence-electron chi connectivity index (χ2n) is 7.63. The van der Waals surface area contributed by atoms with Crippen molar-refractivity contribution in [1.29, 1.82) is 0 Å². The zero-order valence-corrected chi connectivity index (χ0v) is 18.2. The Hall–Kier alpha value is -1.91. The fourth-order valence-corrected chi connectivity index (χ4v) is 5.76. The third-order valence-electron chi connectivity index (χ3n) is 5.78. The van der Waals surface area contributed by atoms with Crippen LogP contribution in [0.2, 0.25) is 0 Å². The van der Waals surface area contributed by atoms with Gasteiger partial charge in [-0.1, -0.05) is 12.8 Å². The van der Waals surface area contributed by atoms with E-state index < -0.39 is 16.2 Å². The van der Waals surface area contributed by atoms with Gasteiger partial charge in [-0.25, -0.2) is 4.79 Å². The number of H-pyrrole nitrogens is 1. The first kappa shape index (κ1) is 21.8. The number of amides is 1. The van der Waals surface area contributed by atoms with Crippen LogP contribution in [0.25, 0.3) is 0 Å². The molecule has 2 aliphatic rings. The summed E-state index contributed by atoms with van der Waals surface area (Å²) < 4.78 is 33.7. The van der Waals surface area contributed by atoms with Gasteiger partial charge >= 0.3 is 5.97 Å². The molecule has 0 spiro atoms. The summed E-state index contributed by atoms with van der Waals surface area (Å²) in [5.74, 6) is -0.712. The lowest BCUT2D eigenvalue weighted by Gasteiger charge is -2.36. The lowest BCUT2D eigenvalue weighted by atomic mass is 10.1. The monoisotopic (exact) mass is 426 g/mol. The van der Waals surface area contributed by atoms with E-state index in [2.05, 4.69) is 4.98 Å². The highest BCUT2D eigenvalue weighted by molar-refractivity contribution is 7.86. The maximum atomic E-state index is 13.0. The Bertz CT molecular complexity index is 863. The van der Waals surface area contributed by atoms with Crippen molar-refractivity contribution in [3.05, 3.63) is 22.5 Å². The van der Waals surface area contributed by atoms with Crippen LogP contribution in [0.3, 0.4) is 0 Å². The molecule has 2 fully saturated rings. The maximum absolute atomic E-state index is 13.0. The molecule has 0 bridgehead atoms. The van der Waals surface area contributed by atoms with Gasteiger partial charge in [0.25, 0.3) is 16.1 Å². The van der Waals surface area contributed by atoms with Crippen LogP contribution in [-0.4, -0.2) is 85.2 Å². The van der Waals surface area contributed by atoms with Crippen molar-refractivity contribution in [1.82, 2.24) is 18.5 Å². The first-order valence-corrected chi connectivity index (χ1v) is 11.5. The summed E-state index contributed by atoms with van der Waals surface area (Å²) >= 11 is 0. The quantitative estimate of drug-likeness (QED) is 0.731. The van der Waals surface area contributed by atoms with Gasteiger partial charge in [-0.2, -0.15) is 17.0 Å². The standard InChI is InChI=1S/C19H30N4O5S/c1-14-16(19(25)28-3)15(2)20-17(14)18(24)21-10-12-23(13-11-21)29(26,27)22-8-6-4-5-7-9-22/h20H,4-13H2,1-3H3. The van der Waals surface area contributed by atoms with Gasteiger partial charge in [0.15, 0.2) is 0 Å². The zero-order chi connectivity index (χ0) is 21.2. The average molecular weight is 427 g/mol. The van der Waals surface area contributed by atoms with Gasteiger partial charge in [0, 0.05) is 45.0 Å². The first-order chi connectivity index (χ1) is 13.8. The summed E-state index contributed by atoms with van der Waals surface area (Å²) in [5, 5.41) is 0. The van der Waals surface area contributed by atoms with Gasteiger partial charge in [-0.15, -0.1) is 0 Å². The number of carbonyl (C=O) groups excluding carboxylic acids is 2. The molecule has 0 radical (unpaired) electrons. The van der Waals surface area contributed by atoms with Crippen molar-refractivity contribution < 1.29 is 22.7 Å². The zero-order valence-electron chi connectivity index (χ0n) is 17.4. The molecule has 10 heteroatoms. The van der Waals surface area contributed by atoms with E-state index in [0.29, 0.717) is 48.7 Å². The smallest absolute Gasteiger partial charge is 0.339 e. The van der Waals surface area contributed by atoms with Crippen LogP contribution in [0.4, 0.5) is 0 Å². The van der Waals surface area contributed by atoms with Gasteiger partial charge in [-0.3, -0.25) is 4.79 Å². The summed E-state index contributed by atoms with van der Waals surface area (Å²) in [6.45, 7) is 5.75. The van der Waals surface area contributed by atoms with Crippen LogP contribution in [-0.2, 0) is 14.9 Å². The largest absolute Gasteiger partial charge is 0.465 e. The number of esters is 1. The number of hydrogen-bond acceptors (Lipinski definition) is 5. The van der Waals surface area contributed by atoms with E-state index in [-0.39, 0.29) is 19.0 Å². The van der Waals surface area contributed by atoms with Crippen LogP contribution < -0.4 is 0 Å². The van der Waals surface area contributed by atoms with E-state index >= 15 is 0 Å². The van der Waals surface area contributed by atoms with E-state index in [4.69, 9.17) is 4.74 Å². The number of hydrogen-bond donors (Lipinski definition) is 1. The number of carbonyl (C=O) groups is 2. The number of piperazine rings is 1. The summed E-state index contributed by atoms with van der Waals surface area (Å²) in [5.41, 5.74) is 1.86. The lowest BCUT2D eigenvalue weighted by molar-refractivity contribution is 0.0599. The number of rotatable bonds is 4. The molecular formula is C19H30N4O5S. The van der Waals surface area contributed by atoms with E-state index in [1.54, 1.807) is 23.1 Å². The van der Waals surface area contributed by atoms with Crippen molar-refractivity contribution in [3.8, 4) is 0 Å². The van der Waals surface area contributed by atoms with E-state index in [1.807, 2.05) is 0 Å². The highest BCUT2D eigenvalue weighted by atomic mass is 32.2. The average Bonchev–Trinajstić information content (AvgIpc) is 2.90. The normalized spacial score (nSPS) is 19.8. The fraction of sp³-hybridized carbons (Fsp3) is 0.684. The van der Waals surface area contributed by atoms with Gasteiger partial charge in [0.05, 0.1) is 12.7 Å². The van der Waals surface area contributed by atoms with E-state index in [9.17, 15) is 18.0 Å². The summed E-state index contributed by atoms with van der Waals surface area (Å²) in [7, 11) is -2.18. The molecule has 0 aliphatic carbocycles. The molecular weight excluding hydrogens is 396 g/mol. The van der Waals surface area contributed by atoms with Crippen LogP contribution >= 0.6 is 0 Å². The molecule has 29 heavy (non-hydrogen) atoms. The van der Waals surface area contributed by atoms with Gasteiger partial charge in [-0.05, 0) is 32.3 Å². The number of nitrogens with one attached hydrogen (secondary N) is 1. The van der Waals surface area contributed by atoms with Crippen LogP contribution in [0.5, 0.6) is 0 Å². The molecule has 1 aromatic rings. The molecule has 2 saturated heterocycles. The van der Waals surface area contributed by atoms with Gasteiger partial charge in [0.1, 0.15) is 5.69 Å². The number of nitrogens with zero attached hydrogens (tertiary/aromatic N) is 3.